The fraction of sp³-hybridized carbons (Fsp3) is 0.625. The Kier molecular flexibility index (Phi) is 1.55. The summed E-state index contributed by atoms with van der Waals surface area (Å²) in [6.45, 7) is 0.546. The largest absolute Gasteiger partial charge is 0.388 e. The number of fused-ring (bicyclic) bond motifs is 1. The van der Waals surface area contributed by atoms with E-state index in [1.165, 1.54) is 0 Å². The maximum atomic E-state index is 10.9. The molecule has 0 aromatic heterocycles. The molecule has 1 aliphatic heterocycles. The second kappa shape index (κ2) is 2.43. The second-order valence-electron chi connectivity index (χ2n) is 2.99. The van der Waals surface area contributed by atoms with Crippen molar-refractivity contribution in [1.29, 1.82) is 0 Å². The molecule has 0 aromatic rings. The fourth-order valence-electron chi connectivity index (χ4n) is 1.64. The number of hydrogen-bond donors (Lipinski definition) is 1. The summed E-state index contributed by atoms with van der Waals surface area (Å²) >= 11 is 0. The molecule has 0 bridgehead atoms. The van der Waals surface area contributed by atoms with Crippen molar-refractivity contribution in [3.05, 3.63) is 11.6 Å². The first kappa shape index (κ1) is 7.00. The molecule has 1 saturated carbocycles. The van der Waals surface area contributed by atoms with Gasteiger partial charge in [-0.15, -0.1) is 0 Å². The monoisotopic (exact) mass is 154 g/mol. The molecular formula is C8H10O3. The molecule has 11 heavy (non-hydrogen) atoms. The van der Waals surface area contributed by atoms with Crippen LogP contribution in [0.5, 0.6) is 0 Å². The predicted octanol–water partition coefficient (Wildman–Crippen LogP) is 0.0354. The molecule has 0 spiro atoms. The minimum atomic E-state index is -0.580. The number of aliphatic hydroxyl groups excluding tert-OH is 1. The number of carbonyl (C=O) groups is 1. The van der Waals surface area contributed by atoms with E-state index in [2.05, 4.69) is 0 Å². The van der Waals surface area contributed by atoms with Crippen LogP contribution in [0.3, 0.4) is 0 Å². The quantitative estimate of drug-likeness (QED) is 0.501. The first-order valence-corrected chi connectivity index (χ1v) is 3.78. The van der Waals surface area contributed by atoms with Crippen LogP contribution in [0.2, 0.25) is 0 Å². The van der Waals surface area contributed by atoms with Crippen molar-refractivity contribution in [2.75, 3.05) is 6.61 Å². The first-order valence-electron chi connectivity index (χ1n) is 3.78. The Balaban J connectivity index is 2.20. The predicted molar refractivity (Wildman–Crippen MR) is 38.1 cm³/mol. The van der Waals surface area contributed by atoms with E-state index in [4.69, 9.17) is 4.74 Å². The lowest BCUT2D eigenvalue weighted by Gasteiger charge is -2.23. The zero-order chi connectivity index (χ0) is 7.84. The third-order valence-corrected chi connectivity index (χ3v) is 2.21. The molecule has 0 amide bonds. The maximum absolute atomic E-state index is 10.9. The lowest BCUT2D eigenvalue weighted by molar-refractivity contribution is -0.124. The molecule has 0 radical (unpaired) electrons. The van der Waals surface area contributed by atoms with Crippen LogP contribution < -0.4 is 0 Å². The molecule has 2 aliphatic rings. The first-order chi connectivity index (χ1) is 5.27. The molecule has 0 saturated heterocycles. The molecule has 1 heterocycles. The lowest BCUT2D eigenvalue weighted by atomic mass is 9.89. The number of hydrogen-bond acceptors (Lipinski definition) is 3. The van der Waals surface area contributed by atoms with E-state index >= 15 is 0 Å². The molecule has 0 unspecified atom stereocenters. The van der Waals surface area contributed by atoms with Crippen molar-refractivity contribution in [3.8, 4) is 0 Å². The highest BCUT2D eigenvalue weighted by Crippen LogP contribution is 2.28. The van der Waals surface area contributed by atoms with Crippen molar-refractivity contribution in [3.63, 3.8) is 0 Å². The zero-order valence-electron chi connectivity index (χ0n) is 6.12. The fourth-order valence-corrected chi connectivity index (χ4v) is 1.64. The van der Waals surface area contributed by atoms with Gasteiger partial charge in [-0.2, -0.15) is 0 Å². The van der Waals surface area contributed by atoms with Gasteiger partial charge in [0.15, 0.2) is 0 Å². The highest BCUT2D eigenvalue weighted by Gasteiger charge is 2.33. The smallest absolute Gasteiger partial charge is 0.138 e. The van der Waals surface area contributed by atoms with Gasteiger partial charge in [-0.05, 0) is 5.57 Å². The molecule has 1 aliphatic carbocycles. The van der Waals surface area contributed by atoms with Gasteiger partial charge in [0.05, 0.1) is 18.8 Å². The van der Waals surface area contributed by atoms with Crippen molar-refractivity contribution < 1.29 is 14.6 Å². The lowest BCUT2D eigenvalue weighted by Crippen LogP contribution is -2.31. The van der Waals surface area contributed by atoms with Gasteiger partial charge in [0.2, 0.25) is 0 Å². The molecule has 2 rings (SSSR count). The van der Waals surface area contributed by atoms with E-state index in [-0.39, 0.29) is 18.3 Å². The minimum absolute atomic E-state index is 0.0987. The third-order valence-electron chi connectivity index (χ3n) is 2.21. The molecular weight excluding hydrogens is 144 g/mol. The van der Waals surface area contributed by atoms with Gasteiger partial charge >= 0.3 is 0 Å². The standard InChI is InChI=1S/C8H10O3/c9-5-3-7(10)6-1-2-11-8(6)4-5/h1,7-8,10H,2-4H2/t7-,8-/m1/s1. The average Bonchev–Trinajstić information content (AvgIpc) is 2.34. The van der Waals surface area contributed by atoms with E-state index in [0.717, 1.165) is 5.57 Å². The van der Waals surface area contributed by atoms with Crippen molar-refractivity contribution in [2.45, 2.75) is 25.0 Å². The summed E-state index contributed by atoms with van der Waals surface area (Å²) in [6.07, 6.45) is 1.89. The van der Waals surface area contributed by atoms with Crippen LogP contribution in [0.15, 0.2) is 11.6 Å². The minimum Gasteiger partial charge on any atom is -0.388 e. The molecule has 0 aromatic carbocycles. The van der Waals surface area contributed by atoms with Crippen LogP contribution in [0.25, 0.3) is 0 Å². The third kappa shape index (κ3) is 1.10. The number of ether oxygens (including phenoxy) is 1. The summed E-state index contributed by atoms with van der Waals surface area (Å²) < 4.78 is 5.22. The summed E-state index contributed by atoms with van der Waals surface area (Å²) in [7, 11) is 0. The van der Waals surface area contributed by atoms with Crippen molar-refractivity contribution in [2.24, 2.45) is 0 Å². The molecule has 3 nitrogen and oxygen atoms in total. The van der Waals surface area contributed by atoms with E-state index in [1.807, 2.05) is 6.08 Å². The van der Waals surface area contributed by atoms with E-state index in [9.17, 15) is 9.90 Å². The van der Waals surface area contributed by atoms with Gasteiger partial charge in [-0.3, -0.25) is 4.79 Å². The van der Waals surface area contributed by atoms with Crippen LogP contribution in [-0.2, 0) is 9.53 Å². The maximum Gasteiger partial charge on any atom is 0.138 e. The molecule has 1 fully saturated rings. The zero-order valence-corrected chi connectivity index (χ0v) is 6.12. The average molecular weight is 154 g/mol. The normalized spacial score (nSPS) is 36.8. The molecule has 1 N–H and O–H groups in total. The summed E-state index contributed by atoms with van der Waals surface area (Å²) in [6, 6.07) is 0. The Morgan fingerprint density at radius 2 is 2.36 bits per heavy atom. The second-order valence-corrected chi connectivity index (χ2v) is 2.99. The van der Waals surface area contributed by atoms with Gasteiger partial charge in [0, 0.05) is 12.8 Å². The van der Waals surface area contributed by atoms with E-state index in [1.54, 1.807) is 0 Å². The Hall–Kier alpha value is -0.670. The number of ketones is 1. The van der Waals surface area contributed by atoms with E-state index < -0.39 is 6.10 Å². The van der Waals surface area contributed by atoms with Crippen LogP contribution in [0.4, 0.5) is 0 Å². The number of carbonyl (C=O) groups excluding carboxylic acids is 1. The van der Waals surface area contributed by atoms with Crippen LogP contribution in [-0.4, -0.2) is 29.7 Å². The Bertz CT molecular complexity index is 219. The van der Waals surface area contributed by atoms with Crippen molar-refractivity contribution in [1.82, 2.24) is 0 Å². The Morgan fingerprint density at radius 3 is 3.18 bits per heavy atom. The Morgan fingerprint density at radius 1 is 1.55 bits per heavy atom. The van der Waals surface area contributed by atoms with Crippen LogP contribution in [0.1, 0.15) is 12.8 Å². The highest BCUT2D eigenvalue weighted by atomic mass is 16.5. The number of aliphatic hydroxyl groups is 1. The van der Waals surface area contributed by atoms with Gasteiger partial charge in [0.25, 0.3) is 0 Å². The van der Waals surface area contributed by atoms with E-state index in [0.29, 0.717) is 13.0 Å². The van der Waals surface area contributed by atoms with Gasteiger partial charge < -0.3 is 9.84 Å². The number of Topliss-reactive ketones (excluding diaryl/α,β-unsaturated/α-hetero) is 1. The van der Waals surface area contributed by atoms with Gasteiger partial charge in [0.1, 0.15) is 5.78 Å². The summed E-state index contributed by atoms with van der Waals surface area (Å²) in [5, 5.41) is 9.38. The van der Waals surface area contributed by atoms with Crippen molar-refractivity contribution >= 4 is 5.78 Å². The summed E-state index contributed by atoms with van der Waals surface area (Å²) in [4.78, 5) is 10.9. The van der Waals surface area contributed by atoms with Crippen LogP contribution in [0, 0.1) is 0 Å². The number of rotatable bonds is 0. The topological polar surface area (TPSA) is 46.5 Å². The van der Waals surface area contributed by atoms with Gasteiger partial charge in [-0.1, -0.05) is 6.08 Å². The molecule has 2 atom stereocenters. The highest BCUT2D eigenvalue weighted by molar-refractivity contribution is 5.82. The molecule has 3 heteroatoms. The SMILES string of the molecule is O=C1C[C@@H](O)C2=CCO[C@@H]2C1. The summed E-state index contributed by atoms with van der Waals surface area (Å²) in [5.74, 6) is 0.0987. The van der Waals surface area contributed by atoms with Gasteiger partial charge in [-0.25, -0.2) is 0 Å². The Labute approximate surface area is 64.7 Å². The molecule has 60 valence electrons. The van der Waals surface area contributed by atoms with Crippen LogP contribution >= 0.6 is 0 Å². The summed E-state index contributed by atoms with van der Waals surface area (Å²) in [5.41, 5.74) is 0.907.